The van der Waals surface area contributed by atoms with Gasteiger partial charge in [0.2, 0.25) is 0 Å². The molecular weight excluding hydrogens is 350 g/mol. The Bertz CT molecular complexity index is 861. The van der Waals surface area contributed by atoms with Gasteiger partial charge in [-0.15, -0.1) is 6.42 Å². The Hall–Kier alpha value is -2.77. The maximum Gasteiger partial charge on any atom is 0.411 e. The van der Waals surface area contributed by atoms with Gasteiger partial charge in [0.15, 0.2) is 0 Å². The van der Waals surface area contributed by atoms with E-state index in [0.717, 1.165) is 16.7 Å². The molecule has 1 heterocycles. The van der Waals surface area contributed by atoms with Crippen LogP contribution in [0.1, 0.15) is 56.3 Å². The van der Waals surface area contributed by atoms with Gasteiger partial charge in [-0.1, -0.05) is 48.4 Å². The summed E-state index contributed by atoms with van der Waals surface area (Å²) in [6.07, 6.45) is 6.01. The Morgan fingerprint density at radius 2 is 1.86 bits per heavy atom. The molecule has 0 radical (unpaired) electrons. The van der Waals surface area contributed by atoms with Crippen LogP contribution in [-0.2, 0) is 10.3 Å². The predicted molar refractivity (Wildman–Crippen MR) is 110 cm³/mol. The molecule has 0 aromatic heterocycles. The number of hydrogen-bond donors (Lipinski definition) is 1. The number of carbonyl (C=O) groups excluding carboxylic acids is 1. The predicted octanol–water partition coefficient (Wildman–Crippen LogP) is 4.63. The van der Waals surface area contributed by atoms with Crippen LogP contribution in [0.25, 0.3) is 0 Å². The van der Waals surface area contributed by atoms with E-state index in [0.29, 0.717) is 19.4 Å². The van der Waals surface area contributed by atoms with Gasteiger partial charge in [-0.2, -0.15) is 0 Å². The van der Waals surface area contributed by atoms with Gasteiger partial charge in [0, 0.05) is 24.9 Å². The zero-order valence-corrected chi connectivity index (χ0v) is 16.7. The Morgan fingerprint density at radius 3 is 2.39 bits per heavy atom. The van der Waals surface area contributed by atoms with Crippen molar-refractivity contribution in [1.82, 2.24) is 4.90 Å². The van der Waals surface area contributed by atoms with Crippen molar-refractivity contribution in [3.8, 4) is 12.3 Å². The summed E-state index contributed by atoms with van der Waals surface area (Å²) in [5.74, 6) is 2.60. The third-order valence-corrected chi connectivity index (χ3v) is 5.32. The molecule has 0 aliphatic carbocycles. The average molecular weight is 377 g/mol. The lowest BCUT2D eigenvalue weighted by molar-refractivity contribution is -0.101. The number of aliphatic hydroxyl groups is 1. The van der Waals surface area contributed by atoms with Crippen molar-refractivity contribution in [2.24, 2.45) is 0 Å². The summed E-state index contributed by atoms with van der Waals surface area (Å²) in [6, 6.07) is 17.2. The fourth-order valence-electron chi connectivity index (χ4n) is 3.93. The number of ether oxygens (including phenoxy) is 1. The molecule has 2 atom stereocenters. The van der Waals surface area contributed by atoms with E-state index >= 15 is 0 Å². The molecule has 2 aromatic carbocycles. The summed E-state index contributed by atoms with van der Waals surface area (Å²) in [5, 5.41) is 10.5. The van der Waals surface area contributed by atoms with Crippen LogP contribution in [0.15, 0.2) is 54.6 Å². The van der Waals surface area contributed by atoms with Crippen LogP contribution in [0, 0.1) is 12.3 Å². The first-order valence-electron chi connectivity index (χ1n) is 9.58. The van der Waals surface area contributed by atoms with Gasteiger partial charge in [-0.25, -0.2) is 4.79 Å². The second-order valence-corrected chi connectivity index (χ2v) is 8.10. The molecule has 1 aliphatic rings. The number of amides is 1. The van der Waals surface area contributed by atoms with E-state index in [1.54, 1.807) is 18.7 Å². The molecule has 2 unspecified atom stereocenters. The quantitative estimate of drug-likeness (QED) is 0.773. The second-order valence-electron chi connectivity index (χ2n) is 8.10. The van der Waals surface area contributed by atoms with Crippen molar-refractivity contribution in [3.05, 3.63) is 71.3 Å². The van der Waals surface area contributed by atoms with Crippen LogP contribution in [0.4, 0.5) is 4.79 Å². The molecule has 2 aromatic rings. The highest BCUT2D eigenvalue weighted by atomic mass is 16.6. The lowest BCUT2D eigenvalue weighted by atomic mass is 9.80. The van der Waals surface area contributed by atoms with Crippen molar-refractivity contribution < 1.29 is 14.6 Å². The summed E-state index contributed by atoms with van der Waals surface area (Å²) in [6.45, 7) is 6.01. The molecule has 28 heavy (non-hydrogen) atoms. The van der Waals surface area contributed by atoms with Crippen molar-refractivity contribution in [1.29, 1.82) is 0 Å². The zero-order chi connectivity index (χ0) is 20.4. The Balaban J connectivity index is 1.85. The fourth-order valence-corrected chi connectivity index (χ4v) is 3.93. The lowest BCUT2D eigenvalue weighted by Crippen LogP contribution is -2.51. The average Bonchev–Trinajstić information content (AvgIpc) is 2.67. The van der Waals surface area contributed by atoms with E-state index in [1.165, 1.54) is 0 Å². The molecule has 0 saturated carbocycles. The van der Waals surface area contributed by atoms with E-state index in [2.05, 4.69) is 5.92 Å². The summed E-state index contributed by atoms with van der Waals surface area (Å²) in [7, 11) is 0. The Labute approximate surface area is 167 Å². The van der Waals surface area contributed by atoms with Crippen molar-refractivity contribution in [3.63, 3.8) is 0 Å². The third kappa shape index (κ3) is 4.21. The van der Waals surface area contributed by atoms with Crippen molar-refractivity contribution in [2.75, 3.05) is 6.54 Å². The van der Waals surface area contributed by atoms with Crippen LogP contribution in [0.2, 0.25) is 0 Å². The molecular formula is C24H27NO3. The first kappa shape index (κ1) is 20.0. The zero-order valence-electron chi connectivity index (χ0n) is 16.7. The lowest BCUT2D eigenvalue weighted by Gasteiger charge is -2.45. The molecule has 0 spiro atoms. The number of hydrogen-bond acceptors (Lipinski definition) is 3. The maximum absolute atomic E-state index is 13.0. The molecule has 4 heteroatoms. The molecule has 146 valence electrons. The monoisotopic (exact) mass is 377 g/mol. The summed E-state index contributed by atoms with van der Waals surface area (Å²) < 4.78 is 6.03. The summed E-state index contributed by atoms with van der Waals surface area (Å²) in [4.78, 5) is 14.7. The largest absolute Gasteiger partial charge is 0.438 e. The fraction of sp³-hybridized carbons (Fsp3) is 0.375. The number of carbonyl (C=O) groups is 1. The molecule has 1 amide bonds. The Kier molecular flexibility index (Phi) is 5.49. The highest BCUT2D eigenvalue weighted by Gasteiger charge is 2.46. The van der Waals surface area contributed by atoms with Gasteiger partial charge in [0.1, 0.15) is 5.60 Å². The van der Waals surface area contributed by atoms with Gasteiger partial charge >= 0.3 is 6.09 Å². The van der Waals surface area contributed by atoms with Crippen LogP contribution < -0.4 is 0 Å². The summed E-state index contributed by atoms with van der Waals surface area (Å²) >= 11 is 0. The number of terminal acetylenes is 1. The number of cyclic esters (lactones) is 1. The van der Waals surface area contributed by atoms with Crippen LogP contribution in [0.5, 0.6) is 0 Å². The minimum absolute atomic E-state index is 0.129. The van der Waals surface area contributed by atoms with Crippen LogP contribution >= 0.6 is 0 Å². The Morgan fingerprint density at radius 1 is 1.21 bits per heavy atom. The molecule has 1 N–H and O–H groups in total. The number of benzene rings is 2. The normalized spacial score (nSPS) is 21.0. The van der Waals surface area contributed by atoms with E-state index in [9.17, 15) is 9.90 Å². The van der Waals surface area contributed by atoms with Crippen LogP contribution in [-0.4, -0.2) is 28.2 Å². The maximum atomic E-state index is 13.0. The van der Waals surface area contributed by atoms with Crippen LogP contribution in [0.3, 0.4) is 0 Å². The SMILES string of the molecule is C#Cc1ccc(C(C)N2CCC(CC(C)(C)O)(c3ccccc3)OC2=O)cc1. The van der Waals surface area contributed by atoms with E-state index in [1.807, 2.05) is 61.5 Å². The van der Waals surface area contributed by atoms with Gasteiger partial charge in [0.05, 0.1) is 11.6 Å². The minimum atomic E-state index is -0.963. The van der Waals surface area contributed by atoms with Crippen molar-refractivity contribution in [2.45, 2.75) is 50.9 Å². The van der Waals surface area contributed by atoms with Crippen molar-refractivity contribution >= 4 is 6.09 Å². The first-order chi connectivity index (χ1) is 13.2. The highest BCUT2D eigenvalue weighted by molar-refractivity contribution is 5.70. The second kappa shape index (κ2) is 7.69. The molecule has 1 fully saturated rings. The molecule has 4 nitrogen and oxygen atoms in total. The van der Waals surface area contributed by atoms with E-state index in [4.69, 9.17) is 11.2 Å². The molecule has 0 bridgehead atoms. The summed E-state index contributed by atoms with van der Waals surface area (Å²) in [5.41, 5.74) is 0.932. The van der Waals surface area contributed by atoms with E-state index in [-0.39, 0.29) is 12.1 Å². The van der Waals surface area contributed by atoms with Gasteiger partial charge < -0.3 is 14.7 Å². The molecule has 3 rings (SSSR count). The van der Waals surface area contributed by atoms with Gasteiger partial charge in [-0.05, 0) is 44.0 Å². The molecule has 1 aliphatic heterocycles. The van der Waals surface area contributed by atoms with Gasteiger partial charge in [-0.3, -0.25) is 0 Å². The molecule has 1 saturated heterocycles. The minimum Gasteiger partial charge on any atom is -0.438 e. The first-order valence-corrected chi connectivity index (χ1v) is 9.58. The number of nitrogens with zero attached hydrogens (tertiary/aromatic N) is 1. The number of rotatable bonds is 5. The smallest absolute Gasteiger partial charge is 0.411 e. The highest BCUT2D eigenvalue weighted by Crippen LogP contribution is 2.42. The van der Waals surface area contributed by atoms with E-state index < -0.39 is 11.2 Å². The topological polar surface area (TPSA) is 49.8 Å². The third-order valence-electron chi connectivity index (χ3n) is 5.32. The standard InChI is InChI=1S/C24H27NO3/c1-5-19-11-13-20(14-12-19)18(2)25-16-15-24(28-22(25)26,17-23(3,4)27)21-9-7-6-8-10-21/h1,6-14,18,27H,15-17H2,2-4H3. The van der Waals surface area contributed by atoms with Gasteiger partial charge in [0.25, 0.3) is 0 Å².